The van der Waals surface area contributed by atoms with Gasteiger partial charge in [0.05, 0.1) is 5.56 Å². The molecule has 1 aliphatic rings. The van der Waals surface area contributed by atoms with Crippen molar-refractivity contribution in [3.63, 3.8) is 0 Å². The lowest BCUT2D eigenvalue weighted by atomic mass is 10.0. The largest absolute Gasteiger partial charge is 0.350 e. The molecular weight excluding hydrogens is 360 g/mol. The highest BCUT2D eigenvalue weighted by Gasteiger charge is 2.23. The fourth-order valence-corrected chi connectivity index (χ4v) is 3.34. The van der Waals surface area contributed by atoms with E-state index >= 15 is 0 Å². The molecule has 27 heavy (non-hydrogen) atoms. The van der Waals surface area contributed by atoms with Crippen molar-refractivity contribution >= 4 is 29.1 Å². The first-order chi connectivity index (χ1) is 13.2. The molecule has 2 heterocycles. The average Bonchev–Trinajstić information content (AvgIpc) is 2.73. The lowest BCUT2D eigenvalue weighted by Gasteiger charge is -2.29. The van der Waals surface area contributed by atoms with Gasteiger partial charge in [-0.1, -0.05) is 41.9 Å². The summed E-state index contributed by atoms with van der Waals surface area (Å²) in [7, 11) is 0. The van der Waals surface area contributed by atoms with E-state index in [-0.39, 0.29) is 5.91 Å². The summed E-state index contributed by atoms with van der Waals surface area (Å²) < 4.78 is 0. The summed E-state index contributed by atoms with van der Waals surface area (Å²) in [4.78, 5) is 23.3. The van der Waals surface area contributed by atoms with Crippen molar-refractivity contribution in [1.29, 1.82) is 0 Å². The van der Waals surface area contributed by atoms with Crippen LogP contribution in [0.4, 0.5) is 11.6 Å². The number of carbonyl (C=O) groups excluding carboxylic acids is 1. The van der Waals surface area contributed by atoms with Gasteiger partial charge < -0.3 is 10.2 Å². The zero-order chi connectivity index (χ0) is 18.6. The Kier molecular flexibility index (Phi) is 5.03. The Labute approximate surface area is 163 Å². The van der Waals surface area contributed by atoms with Gasteiger partial charge in [0.2, 0.25) is 5.95 Å². The molecule has 0 fully saturated rings. The van der Waals surface area contributed by atoms with Crippen LogP contribution in [0.15, 0.2) is 60.9 Å². The number of nitrogens with zero attached hydrogens (tertiary/aromatic N) is 3. The molecule has 6 heteroatoms. The third-order valence-corrected chi connectivity index (χ3v) is 4.87. The summed E-state index contributed by atoms with van der Waals surface area (Å²) in [5.74, 6) is 0.423. The van der Waals surface area contributed by atoms with Crippen molar-refractivity contribution in [2.75, 3.05) is 16.8 Å². The second-order valence-corrected chi connectivity index (χ2v) is 6.90. The van der Waals surface area contributed by atoms with E-state index in [1.54, 1.807) is 12.4 Å². The van der Waals surface area contributed by atoms with E-state index in [1.165, 1.54) is 5.56 Å². The van der Waals surface area contributed by atoms with Crippen LogP contribution >= 0.6 is 11.6 Å². The van der Waals surface area contributed by atoms with Gasteiger partial charge in [-0.3, -0.25) is 4.79 Å². The van der Waals surface area contributed by atoms with Crippen LogP contribution < -0.4 is 10.2 Å². The molecule has 136 valence electrons. The predicted molar refractivity (Wildman–Crippen MR) is 107 cm³/mol. The van der Waals surface area contributed by atoms with E-state index in [2.05, 4.69) is 21.4 Å². The summed E-state index contributed by atoms with van der Waals surface area (Å²) in [6.07, 6.45) is 5.13. The molecule has 0 atom stereocenters. The topological polar surface area (TPSA) is 58.1 Å². The second kappa shape index (κ2) is 7.76. The van der Waals surface area contributed by atoms with Crippen LogP contribution in [-0.2, 0) is 13.0 Å². The number of nitrogens with one attached hydrogen (secondary N) is 1. The fraction of sp³-hybridized carbons (Fsp3) is 0.190. The first-order valence-electron chi connectivity index (χ1n) is 8.91. The number of hydrogen-bond donors (Lipinski definition) is 1. The summed E-state index contributed by atoms with van der Waals surface area (Å²) in [5, 5.41) is 3.86. The molecule has 0 spiro atoms. The molecule has 0 unspecified atom stereocenters. The van der Waals surface area contributed by atoms with Crippen molar-refractivity contribution in [2.24, 2.45) is 0 Å². The number of fused-ring (bicyclic) bond motifs is 1. The Morgan fingerprint density at radius 1 is 1.07 bits per heavy atom. The number of rotatable bonds is 4. The number of para-hydroxylation sites is 1. The molecule has 1 aromatic heterocycles. The lowest BCUT2D eigenvalue weighted by Crippen LogP contribution is -2.35. The summed E-state index contributed by atoms with van der Waals surface area (Å²) in [5.41, 5.74) is 3.76. The number of anilines is 2. The van der Waals surface area contributed by atoms with Crippen molar-refractivity contribution in [2.45, 2.75) is 19.4 Å². The van der Waals surface area contributed by atoms with Crippen LogP contribution in [-0.4, -0.2) is 22.4 Å². The third-order valence-electron chi connectivity index (χ3n) is 4.62. The molecule has 0 saturated carbocycles. The van der Waals surface area contributed by atoms with Gasteiger partial charge in [0.1, 0.15) is 0 Å². The molecule has 2 aromatic carbocycles. The monoisotopic (exact) mass is 378 g/mol. The molecule has 0 saturated heterocycles. The van der Waals surface area contributed by atoms with Gasteiger partial charge in [0, 0.05) is 36.2 Å². The van der Waals surface area contributed by atoms with E-state index in [4.69, 9.17) is 11.6 Å². The summed E-state index contributed by atoms with van der Waals surface area (Å²) >= 11 is 5.89. The van der Waals surface area contributed by atoms with E-state index in [9.17, 15) is 4.79 Å². The minimum Gasteiger partial charge on any atom is -0.350 e. The Morgan fingerprint density at radius 2 is 1.81 bits per heavy atom. The van der Waals surface area contributed by atoms with Crippen molar-refractivity contribution < 1.29 is 4.79 Å². The van der Waals surface area contributed by atoms with Crippen molar-refractivity contribution in [3.8, 4) is 0 Å². The van der Waals surface area contributed by atoms with Gasteiger partial charge in [-0.25, -0.2) is 9.97 Å². The van der Waals surface area contributed by atoms with Crippen LogP contribution in [0.3, 0.4) is 0 Å². The molecule has 1 amide bonds. The van der Waals surface area contributed by atoms with Crippen LogP contribution in [0.25, 0.3) is 0 Å². The Hall–Kier alpha value is -2.92. The highest BCUT2D eigenvalue weighted by Crippen LogP contribution is 2.27. The lowest BCUT2D eigenvalue weighted by molar-refractivity contribution is 0.0984. The minimum absolute atomic E-state index is 0.0635. The third kappa shape index (κ3) is 3.93. The zero-order valence-electron chi connectivity index (χ0n) is 14.7. The molecule has 1 aliphatic heterocycles. The molecule has 3 aromatic rings. The van der Waals surface area contributed by atoms with E-state index < -0.39 is 0 Å². The van der Waals surface area contributed by atoms with E-state index in [0.29, 0.717) is 29.6 Å². The van der Waals surface area contributed by atoms with Gasteiger partial charge in [0.15, 0.2) is 0 Å². The first kappa shape index (κ1) is 17.5. The zero-order valence-corrected chi connectivity index (χ0v) is 15.5. The standard InChI is InChI=1S/C21H19ClN4O/c22-18-9-7-15(8-10-18)12-23-21-24-13-17(14-25-21)20(27)26-11-3-5-16-4-1-2-6-19(16)26/h1-2,4,6-10,13-14H,3,5,11-12H2,(H,23,24,25). The van der Waals surface area contributed by atoms with Crippen LogP contribution in [0.5, 0.6) is 0 Å². The predicted octanol–water partition coefficient (Wildman–Crippen LogP) is 4.34. The van der Waals surface area contributed by atoms with Crippen LogP contribution in [0.1, 0.15) is 27.9 Å². The molecule has 0 aliphatic carbocycles. The van der Waals surface area contributed by atoms with Crippen molar-refractivity contribution in [1.82, 2.24) is 9.97 Å². The maximum Gasteiger partial charge on any atom is 0.261 e. The molecule has 4 rings (SSSR count). The molecular formula is C21H19ClN4O. The van der Waals surface area contributed by atoms with Gasteiger partial charge >= 0.3 is 0 Å². The number of amides is 1. The van der Waals surface area contributed by atoms with Crippen LogP contribution in [0, 0.1) is 0 Å². The Balaban J connectivity index is 1.44. The van der Waals surface area contributed by atoms with Crippen LogP contribution in [0.2, 0.25) is 5.02 Å². The molecule has 0 radical (unpaired) electrons. The minimum atomic E-state index is -0.0635. The number of aromatic nitrogens is 2. The smallest absolute Gasteiger partial charge is 0.261 e. The number of hydrogen-bond acceptors (Lipinski definition) is 4. The normalized spacial score (nSPS) is 13.1. The molecule has 1 N–H and O–H groups in total. The number of aryl methyl sites for hydroxylation is 1. The maximum atomic E-state index is 12.9. The van der Waals surface area contributed by atoms with Crippen molar-refractivity contribution in [3.05, 3.63) is 82.6 Å². The molecule has 5 nitrogen and oxygen atoms in total. The number of carbonyl (C=O) groups is 1. The van der Waals surface area contributed by atoms with E-state index in [1.807, 2.05) is 47.4 Å². The summed E-state index contributed by atoms with van der Waals surface area (Å²) in [6.45, 7) is 1.30. The summed E-state index contributed by atoms with van der Waals surface area (Å²) in [6, 6.07) is 15.6. The quantitative estimate of drug-likeness (QED) is 0.733. The molecule has 0 bridgehead atoms. The van der Waals surface area contributed by atoms with E-state index in [0.717, 1.165) is 24.1 Å². The van der Waals surface area contributed by atoms with Gasteiger partial charge in [-0.2, -0.15) is 0 Å². The Bertz CT molecular complexity index is 941. The highest BCUT2D eigenvalue weighted by molar-refractivity contribution is 6.30. The van der Waals surface area contributed by atoms with Gasteiger partial charge in [0.25, 0.3) is 5.91 Å². The highest BCUT2D eigenvalue weighted by atomic mass is 35.5. The van der Waals surface area contributed by atoms with Gasteiger partial charge in [-0.05, 0) is 42.2 Å². The second-order valence-electron chi connectivity index (χ2n) is 6.46. The fourth-order valence-electron chi connectivity index (χ4n) is 3.21. The maximum absolute atomic E-state index is 12.9. The Morgan fingerprint density at radius 3 is 2.59 bits per heavy atom. The average molecular weight is 379 g/mol. The number of benzene rings is 2. The number of halogens is 1. The SMILES string of the molecule is O=C(c1cnc(NCc2ccc(Cl)cc2)nc1)N1CCCc2ccccc21. The van der Waals surface area contributed by atoms with Gasteiger partial charge in [-0.15, -0.1) is 0 Å². The first-order valence-corrected chi connectivity index (χ1v) is 9.28.